The number of nitrogens with one attached hydrogen (secondary N) is 1. The van der Waals surface area contributed by atoms with Crippen molar-refractivity contribution in [2.75, 3.05) is 52.2 Å². The van der Waals surface area contributed by atoms with Crippen molar-refractivity contribution in [3.8, 4) is 5.75 Å². The summed E-state index contributed by atoms with van der Waals surface area (Å²) >= 11 is 6.04. The van der Waals surface area contributed by atoms with Crippen LogP contribution < -0.4 is 15.8 Å². The van der Waals surface area contributed by atoms with Gasteiger partial charge in [-0.3, -0.25) is 4.90 Å². The number of hydrogen-bond acceptors (Lipinski definition) is 5. The second-order valence-corrected chi connectivity index (χ2v) is 5.57. The Hall–Kier alpha value is -1.76. The number of ether oxygens (including phenoxy) is 2. The molecule has 0 aliphatic carbocycles. The molecule has 1 aromatic rings. The molecule has 1 heterocycles. The highest BCUT2D eigenvalue weighted by atomic mass is 35.5. The van der Waals surface area contributed by atoms with Crippen LogP contribution in [-0.4, -0.2) is 57.6 Å². The van der Waals surface area contributed by atoms with E-state index in [1.54, 1.807) is 19.2 Å². The first-order valence-electron chi connectivity index (χ1n) is 7.53. The van der Waals surface area contributed by atoms with Gasteiger partial charge in [-0.05, 0) is 18.2 Å². The molecule has 2 rings (SSSR count). The second-order valence-electron chi connectivity index (χ2n) is 5.16. The Labute approximate surface area is 141 Å². The Balaban J connectivity index is 2.10. The molecule has 0 aromatic heterocycles. The highest BCUT2D eigenvalue weighted by molar-refractivity contribution is 6.42. The number of nitrogen functional groups attached to an aromatic ring is 1. The van der Waals surface area contributed by atoms with Crippen LogP contribution in [0.2, 0.25) is 0 Å². The van der Waals surface area contributed by atoms with Crippen LogP contribution >= 0.6 is 11.6 Å². The molecule has 1 aromatic carbocycles. The van der Waals surface area contributed by atoms with Crippen LogP contribution in [0.4, 0.5) is 5.69 Å². The maximum atomic E-state index is 9.16. The Kier molecular flexibility index (Phi) is 6.70. The SMILES string of the molecule is CN/C(=C(/Cl)C=[N-])c1cc(N)ccc1OCCN1CCOCC1. The van der Waals surface area contributed by atoms with Gasteiger partial charge in [-0.2, -0.15) is 6.21 Å². The first kappa shape index (κ1) is 17.6. The summed E-state index contributed by atoms with van der Waals surface area (Å²) in [6.45, 7) is 4.75. The summed E-state index contributed by atoms with van der Waals surface area (Å²) in [5.41, 5.74) is 7.73. The van der Waals surface area contributed by atoms with Crippen molar-refractivity contribution in [1.82, 2.24) is 10.2 Å². The fourth-order valence-electron chi connectivity index (χ4n) is 2.43. The molecule has 126 valence electrons. The smallest absolute Gasteiger partial charge is 0.128 e. The number of hydrogen-bond donors (Lipinski definition) is 2. The van der Waals surface area contributed by atoms with Crippen LogP contribution in [0.3, 0.4) is 0 Å². The zero-order valence-electron chi connectivity index (χ0n) is 13.2. The van der Waals surface area contributed by atoms with Gasteiger partial charge in [0.25, 0.3) is 0 Å². The van der Waals surface area contributed by atoms with Gasteiger partial charge in [-0.15, -0.1) is 0 Å². The van der Waals surface area contributed by atoms with Crippen molar-refractivity contribution >= 4 is 29.2 Å². The molecule has 0 bridgehead atoms. The van der Waals surface area contributed by atoms with Crippen LogP contribution in [0.15, 0.2) is 23.2 Å². The molecule has 0 radical (unpaired) electrons. The summed E-state index contributed by atoms with van der Waals surface area (Å²) in [6.07, 6.45) is 0.841. The number of allylic oxidation sites excluding steroid dienone is 1. The highest BCUT2D eigenvalue weighted by Crippen LogP contribution is 2.29. The zero-order valence-corrected chi connectivity index (χ0v) is 14.0. The van der Waals surface area contributed by atoms with Crippen molar-refractivity contribution in [3.05, 3.63) is 34.2 Å². The average Bonchev–Trinajstić information content (AvgIpc) is 2.58. The van der Waals surface area contributed by atoms with Crippen LogP contribution in [0, 0.1) is 0 Å². The van der Waals surface area contributed by atoms with Crippen molar-refractivity contribution < 1.29 is 9.47 Å². The van der Waals surface area contributed by atoms with E-state index in [0.29, 0.717) is 29.3 Å². The first-order valence-corrected chi connectivity index (χ1v) is 7.91. The molecule has 1 aliphatic heterocycles. The number of rotatable bonds is 7. The Morgan fingerprint density at radius 2 is 2.22 bits per heavy atom. The van der Waals surface area contributed by atoms with Crippen LogP contribution in [0.5, 0.6) is 5.75 Å². The lowest BCUT2D eigenvalue weighted by atomic mass is 10.1. The minimum Gasteiger partial charge on any atom is -0.809 e. The van der Waals surface area contributed by atoms with Crippen LogP contribution in [0.1, 0.15) is 5.56 Å². The molecular weight excluding hydrogens is 316 g/mol. The molecule has 6 nitrogen and oxygen atoms in total. The quantitative estimate of drug-likeness (QED) is 0.585. The maximum absolute atomic E-state index is 9.16. The van der Waals surface area contributed by atoms with Gasteiger partial charge in [0, 0.05) is 43.0 Å². The van der Waals surface area contributed by atoms with E-state index >= 15 is 0 Å². The third kappa shape index (κ3) is 4.86. The average molecular weight is 338 g/mol. The maximum Gasteiger partial charge on any atom is 0.128 e. The molecule has 1 saturated heterocycles. The number of halogens is 1. The minimum atomic E-state index is 0.191. The molecule has 0 saturated carbocycles. The lowest BCUT2D eigenvalue weighted by molar-refractivity contribution is 0.0322. The molecule has 0 unspecified atom stereocenters. The molecule has 0 amide bonds. The van der Waals surface area contributed by atoms with E-state index in [1.165, 1.54) is 0 Å². The van der Waals surface area contributed by atoms with Crippen LogP contribution in [-0.2, 0) is 4.74 Å². The van der Waals surface area contributed by atoms with Gasteiger partial charge < -0.3 is 25.9 Å². The zero-order chi connectivity index (χ0) is 16.7. The molecule has 1 aliphatic rings. The Morgan fingerprint density at radius 3 is 2.87 bits per heavy atom. The summed E-state index contributed by atoms with van der Waals surface area (Å²) in [5, 5.41) is 12.3. The van der Waals surface area contributed by atoms with Crippen molar-refractivity contribution in [1.29, 1.82) is 0 Å². The van der Waals surface area contributed by atoms with Gasteiger partial charge in [0.2, 0.25) is 0 Å². The van der Waals surface area contributed by atoms with Crippen molar-refractivity contribution in [2.45, 2.75) is 0 Å². The summed E-state index contributed by atoms with van der Waals surface area (Å²) in [4.78, 5) is 2.30. The van der Waals surface area contributed by atoms with E-state index in [4.69, 9.17) is 32.2 Å². The summed E-state index contributed by atoms with van der Waals surface area (Å²) in [7, 11) is 1.72. The van der Waals surface area contributed by atoms with Gasteiger partial charge in [-0.25, -0.2) is 0 Å². The minimum absolute atomic E-state index is 0.191. The van der Waals surface area contributed by atoms with E-state index in [1.807, 2.05) is 6.07 Å². The molecule has 0 atom stereocenters. The predicted molar refractivity (Wildman–Crippen MR) is 94.9 cm³/mol. The van der Waals surface area contributed by atoms with E-state index in [-0.39, 0.29) is 5.03 Å². The number of nitrogens with two attached hydrogens (primary N) is 1. The molecule has 7 heteroatoms. The Morgan fingerprint density at radius 1 is 1.48 bits per heavy atom. The largest absolute Gasteiger partial charge is 0.809 e. The van der Waals surface area contributed by atoms with Crippen LogP contribution in [0.25, 0.3) is 11.1 Å². The normalized spacial score (nSPS) is 16.6. The van der Waals surface area contributed by atoms with Gasteiger partial charge in [0.1, 0.15) is 12.4 Å². The molecule has 3 N–H and O–H groups in total. The van der Waals surface area contributed by atoms with E-state index in [9.17, 15) is 0 Å². The summed E-state index contributed by atoms with van der Waals surface area (Å²) in [6, 6.07) is 5.35. The molecular formula is C16H22ClN4O2-. The topological polar surface area (TPSA) is 82.0 Å². The van der Waals surface area contributed by atoms with Gasteiger partial charge in [0.15, 0.2) is 0 Å². The molecule has 0 spiro atoms. The molecule has 23 heavy (non-hydrogen) atoms. The van der Waals surface area contributed by atoms with Crippen molar-refractivity contribution in [3.63, 3.8) is 0 Å². The van der Waals surface area contributed by atoms with E-state index in [2.05, 4.69) is 10.2 Å². The lowest BCUT2D eigenvalue weighted by Gasteiger charge is -2.26. The number of nitrogens with zero attached hydrogens (tertiary/aromatic N) is 2. The highest BCUT2D eigenvalue weighted by Gasteiger charge is 2.13. The fraction of sp³-hybridized carbons (Fsp3) is 0.438. The van der Waals surface area contributed by atoms with E-state index < -0.39 is 0 Å². The van der Waals surface area contributed by atoms with Gasteiger partial charge >= 0.3 is 0 Å². The Bertz CT molecular complexity index is 571. The fourth-order valence-corrected chi connectivity index (χ4v) is 2.62. The third-order valence-corrected chi connectivity index (χ3v) is 3.93. The number of benzene rings is 1. The number of morpholine rings is 1. The first-order chi connectivity index (χ1) is 11.2. The van der Waals surface area contributed by atoms with Crippen molar-refractivity contribution in [2.24, 2.45) is 0 Å². The lowest BCUT2D eigenvalue weighted by Crippen LogP contribution is -2.38. The standard InChI is InChI=1S/C16H22ClN4O2/c1-20-16(14(17)11-18)13-10-12(19)2-3-15(13)23-9-6-21-4-7-22-8-5-21/h2-3,10-11,20H,4-9,19H2,1H3/q-1/b16-14+. The summed E-state index contributed by atoms with van der Waals surface area (Å²) in [5.74, 6) is 0.664. The van der Waals surface area contributed by atoms with Gasteiger partial charge in [-0.1, -0.05) is 11.6 Å². The summed E-state index contributed by atoms with van der Waals surface area (Å²) < 4.78 is 11.2. The van der Waals surface area contributed by atoms with Gasteiger partial charge in [0.05, 0.1) is 18.9 Å². The number of anilines is 1. The predicted octanol–water partition coefficient (Wildman–Crippen LogP) is 1.75. The monoisotopic (exact) mass is 337 g/mol. The molecule has 1 fully saturated rings. The third-order valence-electron chi connectivity index (χ3n) is 3.64. The second kappa shape index (κ2) is 8.76. The van der Waals surface area contributed by atoms with E-state index in [0.717, 1.165) is 39.1 Å².